The molecule has 1 aromatic heterocycles. The lowest BCUT2D eigenvalue weighted by molar-refractivity contribution is -0.142. The Morgan fingerprint density at radius 2 is 1.71 bits per heavy atom. The minimum atomic E-state index is -0.897. The lowest BCUT2D eigenvalue weighted by Gasteiger charge is -2.30. The van der Waals surface area contributed by atoms with Gasteiger partial charge in [-0.05, 0) is 31.4 Å². The van der Waals surface area contributed by atoms with Crippen molar-refractivity contribution in [3.05, 3.63) is 59.9 Å². The monoisotopic (exact) mass is 326 g/mol. The summed E-state index contributed by atoms with van der Waals surface area (Å²) in [5.41, 5.74) is 1.14. The van der Waals surface area contributed by atoms with Crippen LogP contribution < -0.4 is 0 Å². The van der Waals surface area contributed by atoms with Crippen LogP contribution in [0.4, 0.5) is 0 Å². The number of nitrogens with zero attached hydrogens (tertiary/aromatic N) is 2. The summed E-state index contributed by atoms with van der Waals surface area (Å²) in [6.07, 6.45) is 4.02. The Morgan fingerprint density at radius 1 is 1.00 bits per heavy atom. The zero-order chi connectivity index (χ0) is 16.9. The van der Waals surface area contributed by atoms with Crippen molar-refractivity contribution in [1.29, 1.82) is 0 Å². The van der Waals surface area contributed by atoms with E-state index in [1.807, 2.05) is 30.3 Å². The number of amides is 1. The van der Waals surface area contributed by atoms with Gasteiger partial charge >= 0.3 is 5.97 Å². The van der Waals surface area contributed by atoms with Gasteiger partial charge in [0.2, 0.25) is 6.10 Å². The summed E-state index contributed by atoms with van der Waals surface area (Å²) >= 11 is 0. The molecule has 0 bridgehead atoms. The molecule has 2 aromatic rings. The van der Waals surface area contributed by atoms with Gasteiger partial charge in [-0.1, -0.05) is 30.3 Å². The molecular weight excluding hydrogens is 304 g/mol. The maximum atomic E-state index is 12.9. The number of piperidine rings is 1. The van der Waals surface area contributed by atoms with Crippen LogP contribution in [0.3, 0.4) is 0 Å². The summed E-state index contributed by atoms with van der Waals surface area (Å²) in [7, 11) is 1.78. The number of benzene rings is 1. The van der Waals surface area contributed by atoms with Gasteiger partial charge in [-0.15, -0.1) is 0 Å². The average molecular weight is 326 g/mol. The molecule has 5 nitrogen and oxygen atoms in total. The number of esters is 1. The smallest absolute Gasteiger partial charge is 0.356 e. The average Bonchev–Trinajstić information content (AvgIpc) is 3.06. The Labute approximate surface area is 141 Å². The summed E-state index contributed by atoms with van der Waals surface area (Å²) in [6, 6.07) is 12.7. The molecular formula is C19H22N2O3. The molecule has 0 unspecified atom stereocenters. The fraction of sp³-hybridized carbons (Fsp3) is 0.368. The van der Waals surface area contributed by atoms with Crippen molar-refractivity contribution in [3.8, 4) is 0 Å². The number of hydrogen-bond donors (Lipinski definition) is 0. The molecule has 1 amide bonds. The number of carbonyl (C=O) groups is 2. The van der Waals surface area contributed by atoms with Gasteiger partial charge in [-0.2, -0.15) is 0 Å². The van der Waals surface area contributed by atoms with E-state index in [1.54, 1.807) is 34.8 Å². The first-order chi connectivity index (χ1) is 11.7. The van der Waals surface area contributed by atoms with E-state index >= 15 is 0 Å². The first-order valence-corrected chi connectivity index (χ1v) is 8.33. The van der Waals surface area contributed by atoms with Gasteiger partial charge in [0.05, 0.1) is 0 Å². The molecule has 2 heterocycles. The van der Waals surface area contributed by atoms with E-state index in [0.29, 0.717) is 11.3 Å². The summed E-state index contributed by atoms with van der Waals surface area (Å²) in [6.45, 7) is 1.45. The quantitative estimate of drug-likeness (QED) is 0.812. The van der Waals surface area contributed by atoms with Crippen molar-refractivity contribution in [1.82, 2.24) is 9.47 Å². The fourth-order valence-electron chi connectivity index (χ4n) is 3.01. The van der Waals surface area contributed by atoms with E-state index in [1.165, 1.54) is 0 Å². The molecule has 0 radical (unpaired) electrons. The maximum absolute atomic E-state index is 12.9. The van der Waals surface area contributed by atoms with Gasteiger partial charge in [0.25, 0.3) is 5.91 Å². The minimum absolute atomic E-state index is 0.136. The molecule has 0 spiro atoms. The standard InChI is InChI=1S/C19H22N2O3/c1-20-12-8-11-16(20)19(23)24-17(15-9-4-2-5-10-15)18(22)21-13-6-3-7-14-21/h2,4-5,8-12,17H,3,6-7,13-14H2,1H3/t17-/m1/s1. The maximum Gasteiger partial charge on any atom is 0.356 e. The van der Waals surface area contributed by atoms with Crippen molar-refractivity contribution in [2.75, 3.05) is 13.1 Å². The minimum Gasteiger partial charge on any atom is -0.443 e. The number of rotatable bonds is 4. The normalized spacial score (nSPS) is 15.8. The highest BCUT2D eigenvalue weighted by Crippen LogP contribution is 2.24. The molecule has 1 aliphatic heterocycles. The number of ether oxygens (including phenoxy) is 1. The van der Waals surface area contributed by atoms with Crippen LogP contribution in [0.5, 0.6) is 0 Å². The highest BCUT2D eigenvalue weighted by atomic mass is 16.5. The van der Waals surface area contributed by atoms with Gasteiger partial charge in [-0.25, -0.2) is 4.79 Å². The SMILES string of the molecule is Cn1cccc1C(=O)O[C@@H](C(=O)N1CCCCC1)c1ccccc1. The van der Waals surface area contributed by atoms with E-state index < -0.39 is 12.1 Å². The Bertz CT molecular complexity index is 702. The molecule has 126 valence electrons. The zero-order valence-corrected chi connectivity index (χ0v) is 13.9. The summed E-state index contributed by atoms with van der Waals surface area (Å²) in [4.78, 5) is 27.2. The molecule has 24 heavy (non-hydrogen) atoms. The third-order valence-electron chi connectivity index (χ3n) is 4.37. The highest BCUT2D eigenvalue weighted by Gasteiger charge is 2.31. The lowest BCUT2D eigenvalue weighted by atomic mass is 10.1. The van der Waals surface area contributed by atoms with Gasteiger partial charge in [0, 0.05) is 31.9 Å². The first kappa shape index (κ1) is 16.3. The molecule has 1 fully saturated rings. The van der Waals surface area contributed by atoms with Crippen molar-refractivity contribution < 1.29 is 14.3 Å². The van der Waals surface area contributed by atoms with Crippen molar-refractivity contribution in [2.45, 2.75) is 25.4 Å². The van der Waals surface area contributed by atoms with Crippen molar-refractivity contribution in [3.63, 3.8) is 0 Å². The van der Waals surface area contributed by atoms with Crippen LogP contribution in [0, 0.1) is 0 Å². The highest BCUT2D eigenvalue weighted by molar-refractivity contribution is 5.91. The van der Waals surface area contributed by atoms with E-state index in [2.05, 4.69) is 0 Å². The molecule has 0 N–H and O–H groups in total. The van der Waals surface area contributed by atoms with Crippen molar-refractivity contribution in [2.24, 2.45) is 7.05 Å². The van der Waals surface area contributed by atoms with Crippen molar-refractivity contribution >= 4 is 11.9 Å². The number of hydrogen-bond acceptors (Lipinski definition) is 3. The third kappa shape index (κ3) is 3.50. The Balaban J connectivity index is 1.83. The second-order valence-electron chi connectivity index (χ2n) is 6.09. The third-order valence-corrected chi connectivity index (χ3v) is 4.37. The van der Waals surface area contributed by atoms with Gasteiger partial charge in [-0.3, -0.25) is 4.79 Å². The predicted octanol–water partition coefficient (Wildman–Crippen LogP) is 2.94. The second-order valence-corrected chi connectivity index (χ2v) is 6.09. The first-order valence-electron chi connectivity index (χ1n) is 8.33. The van der Waals surface area contributed by atoms with Crippen LogP contribution in [-0.2, 0) is 16.6 Å². The number of aryl methyl sites for hydroxylation is 1. The fourth-order valence-corrected chi connectivity index (χ4v) is 3.01. The van der Waals surface area contributed by atoms with E-state index in [4.69, 9.17) is 4.74 Å². The van der Waals surface area contributed by atoms with E-state index in [-0.39, 0.29) is 5.91 Å². The topological polar surface area (TPSA) is 51.5 Å². The zero-order valence-electron chi connectivity index (χ0n) is 13.9. The molecule has 0 saturated carbocycles. The second kappa shape index (κ2) is 7.34. The van der Waals surface area contributed by atoms with Gasteiger partial charge in [0.15, 0.2) is 0 Å². The number of likely N-dealkylation sites (tertiary alicyclic amines) is 1. The largest absolute Gasteiger partial charge is 0.443 e. The molecule has 5 heteroatoms. The van der Waals surface area contributed by atoms with Crippen LogP contribution in [-0.4, -0.2) is 34.4 Å². The summed E-state index contributed by atoms with van der Waals surface area (Å²) in [5, 5.41) is 0. The van der Waals surface area contributed by atoms with Crippen LogP contribution in [0.2, 0.25) is 0 Å². The Hall–Kier alpha value is -2.56. The van der Waals surface area contributed by atoms with Gasteiger partial charge < -0.3 is 14.2 Å². The Morgan fingerprint density at radius 3 is 2.33 bits per heavy atom. The number of aromatic nitrogens is 1. The van der Waals surface area contributed by atoms with Crippen LogP contribution in [0.25, 0.3) is 0 Å². The van der Waals surface area contributed by atoms with Crippen LogP contribution in [0.15, 0.2) is 48.7 Å². The van der Waals surface area contributed by atoms with Gasteiger partial charge in [0.1, 0.15) is 5.69 Å². The Kier molecular flexibility index (Phi) is 4.99. The molecule has 3 rings (SSSR count). The molecule has 1 aliphatic rings. The van der Waals surface area contributed by atoms with Crippen LogP contribution in [0.1, 0.15) is 41.4 Å². The molecule has 1 atom stereocenters. The molecule has 1 saturated heterocycles. The summed E-state index contributed by atoms with van der Waals surface area (Å²) in [5.74, 6) is -0.620. The van der Waals surface area contributed by atoms with E-state index in [9.17, 15) is 9.59 Å². The summed E-state index contributed by atoms with van der Waals surface area (Å²) < 4.78 is 7.32. The lowest BCUT2D eigenvalue weighted by Crippen LogP contribution is -2.40. The van der Waals surface area contributed by atoms with E-state index in [0.717, 1.165) is 32.4 Å². The number of carbonyl (C=O) groups excluding carboxylic acids is 2. The molecule has 0 aliphatic carbocycles. The predicted molar refractivity (Wildman–Crippen MR) is 90.4 cm³/mol. The van der Waals surface area contributed by atoms with Crippen LogP contribution >= 0.6 is 0 Å². The molecule has 1 aromatic carbocycles.